The van der Waals surface area contributed by atoms with Crippen molar-refractivity contribution in [3.63, 3.8) is 0 Å². The zero-order chi connectivity index (χ0) is 24.9. The summed E-state index contributed by atoms with van der Waals surface area (Å²) < 4.78 is 14.6. The predicted molar refractivity (Wildman–Crippen MR) is 132 cm³/mol. The minimum atomic E-state index is -1.19. The molecule has 2 aliphatic rings. The topological polar surface area (TPSA) is 98.7 Å². The molecule has 0 bridgehead atoms. The summed E-state index contributed by atoms with van der Waals surface area (Å²) in [5, 5.41) is 13.2. The van der Waals surface area contributed by atoms with Crippen LogP contribution in [0.4, 0.5) is 10.3 Å². The molecule has 1 atom stereocenters. The molecule has 0 spiro atoms. The fourth-order valence-electron chi connectivity index (χ4n) is 4.09. The van der Waals surface area contributed by atoms with Crippen LogP contribution in [0.1, 0.15) is 50.4 Å². The van der Waals surface area contributed by atoms with Gasteiger partial charge in [0.1, 0.15) is 10.6 Å². The fourth-order valence-corrected chi connectivity index (χ4v) is 4.36. The number of aromatic nitrogens is 2. The first-order valence-corrected chi connectivity index (χ1v) is 12.1. The van der Waals surface area contributed by atoms with E-state index in [0.29, 0.717) is 43.1 Å². The molecule has 1 aromatic heterocycles. The fraction of sp³-hybridized carbons (Fsp3) is 0.500. The Morgan fingerprint density at radius 2 is 1.91 bits per heavy atom. The number of amides is 2. The first kappa shape index (κ1) is 25.9. The van der Waals surface area contributed by atoms with Gasteiger partial charge in [0.05, 0.1) is 12.7 Å². The maximum absolute atomic E-state index is 14.6. The van der Waals surface area contributed by atoms with Gasteiger partial charge in [-0.05, 0) is 25.0 Å². The Labute approximate surface area is 205 Å². The van der Waals surface area contributed by atoms with Gasteiger partial charge in [0, 0.05) is 50.1 Å². The van der Waals surface area contributed by atoms with Crippen molar-refractivity contribution in [1.29, 1.82) is 0 Å². The molecule has 4 rings (SSSR count). The number of nitrogens with zero attached hydrogens (tertiary/aromatic N) is 4. The number of likely N-dealkylation sites (tertiary alicyclic amines) is 2. The Balaban J connectivity index is 0.00000158. The van der Waals surface area contributed by atoms with E-state index >= 15 is 0 Å². The van der Waals surface area contributed by atoms with E-state index in [1.165, 1.54) is 4.90 Å². The van der Waals surface area contributed by atoms with Crippen LogP contribution in [-0.2, 0) is 4.79 Å². The molecule has 34 heavy (non-hydrogen) atoms. The van der Waals surface area contributed by atoms with Gasteiger partial charge in [-0.1, -0.05) is 26.0 Å². The molecule has 0 saturated carbocycles. The van der Waals surface area contributed by atoms with Crippen LogP contribution in [0.5, 0.6) is 0 Å². The van der Waals surface area contributed by atoms with Crippen LogP contribution < -0.4 is 5.32 Å². The van der Waals surface area contributed by atoms with E-state index < -0.39 is 10.8 Å². The molecule has 2 saturated heterocycles. The number of rotatable bonds is 4. The van der Waals surface area contributed by atoms with Crippen molar-refractivity contribution in [2.45, 2.75) is 51.0 Å². The number of carbonyl (C=O) groups is 2. The lowest BCUT2D eigenvalue weighted by atomic mass is 10.1. The summed E-state index contributed by atoms with van der Waals surface area (Å²) in [5.74, 6) is -0.468. The van der Waals surface area contributed by atoms with E-state index in [4.69, 9.17) is 0 Å². The van der Waals surface area contributed by atoms with Crippen LogP contribution in [-0.4, -0.2) is 73.8 Å². The summed E-state index contributed by atoms with van der Waals surface area (Å²) >= 11 is 4.16. The number of β-amino-alcohol motifs (C(OH)–C–C–N with tert-alkyl or cyclic N) is 1. The van der Waals surface area contributed by atoms with E-state index in [2.05, 4.69) is 27.9 Å². The molecule has 1 aromatic carbocycles. The van der Waals surface area contributed by atoms with Crippen LogP contribution in [0, 0.1) is 5.82 Å². The number of carbonyl (C=O) groups excluding carboxylic acids is 2. The monoisotopic (exact) mass is 489 g/mol. The average Bonchev–Trinajstić information content (AvgIpc) is 3.21. The van der Waals surface area contributed by atoms with Gasteiger partial charge in [0.25, 0.3) is 5.91 Å². The number of thiol groups is 1. The Hall–Kier alpha value is -2.72. The molecule has 184 valence electrons. The van der Waals surface area contributed by atoms with Crippen molar-refractivity contribution in [2.24, 2.45) is 0 Å². The molecule has 2 aromatic rings. The second kappa shape index (κ2) is 11.1. The van der Waals surface area contributed by atoms with Crippen molar-refractivity contribution in [3.05, 3.63) is 41.8 Å². The minimum Gasteiger partial charge on any atom is -0.378 e. The second-order valence-electron chi connectivity index (χ2n) is 8.35. The van der Waals surface area contributed by atoms with Gasteiger partial charge in [0.2, 0.25) is 11.9 Å². The number of nitrogens with one attached hydrogen (secondary N) is 1. The zero-order valence-electron chi connectivity index (χ0n) is 19.8. The van der Waals surface area contributed by atoms with E-state index in [0.717, 1.165) is 19.0 Å². The quantitative estimate of drug-likeness (QED) is 0.451. The smallest absolute Gasteiger partial charge is 0.254 e. The maximum atomic E-state index is 14.6. The number of hydrogen-bond donors (Lipinski definition) is 3. The first-order chi connectivity index (χ1) is 16.2. The standard InChI is InChI=1S/C22H26FN5O3S.C2H6/c1-14(29)27-8-5-17(6-9-27)25-21-24-12-18(23)19(26-21)15-3-2-4-16(11-15)20(30)28-10-7-22(31,32)13-28;1-2/h2-4,11-12,17,31-32H,5-10,13H2,1H3,(H,24,25,26);1-2H3. The normalized spacial score (nSPS) is 20.5. The number of halogens is 1. The summed E-state index contributed by atoms with van der Waals surface area (Å²) in [7, 11) is 0. The van der Waals surface area contributed by atoms with Crippen molar-refractivity contribution >= 4 is 30.4 Å². The van der Waals surface area contributed by atoms with Crippen molar-refractivity contribution in [1.82, 2.24) is 19.8 Å². The third-order valence-electron chi connectivity index (χ3n) is 5.91. The molecule has 2 N–H and O–H groups in total. The number of hydrogen-bond acceptors (Lipinski definition) is 7. The van der Waals surface area contributed by atoms with Crippen LogP contribution in [0.2, 0.25) is 0 Å². The lowest BCUT2D eigenvalue weighted by Crippen LogP contribution is -2.41. The SMILES string of the molecule is CC.CC(=O)N1CCC(Nc2ncc(F)c(-c3cccc(C(=O)N4CCC(O)(S)C4)c3)n2)CC1. The van der Waals surface area contributed by atoms with E-state index in [1.807, 2.05) is 13.8 Å². The van der Waals surface area contributed by atoms with Crippen molar-refractivity contribution in [3.8, 4) is 11.3 Å². The Kier molecular flexibility index (Phi) is 8.48. The van der Waals surface area contributed by atoms with Crippen molar-refractivity contribution < 1.29 is 19.1 Å². The van der Waals surface area contributed by atoms with E-state index in [9.17, 15) is 19.1 Å². The van der Waals surface area contributed by atoms with Crippen LogP contribution in [0.15, 0.2) is 30.5 Å². The summed E-state index contributed by atoms with van der Waals surface area (Å²) in [6.45, 7) is 7.41. The number of anilines is 1. The summed E-state index contributed by atoms with van der Waals surface area (Å²) in [4.78, 5) is 34.9. The summed E-state index contributed by atoms with van der Waals surface area (Å²) in [5.41, 5.74) is 0.952. The molecule has 2 fully saturated rings. The predicted octanol–water partition coefficient (Wildman–Crippen LogP) is 3.20. The maximum Gasteiger partial charge on any atom is 0.254 e. The number of benzene rings is 1. The third-order valence-corrected chi connectivity index (χ3v) is 6.28. The van der Waals surface area contributed by atoms with E-state index in [1.54, 1.807) is 36.1 Å². The van der Waals surface area contributed by atoms with Crippen molar-refractivity contribution in [2.75, 3.05) is 31.5 Å². The van der Waals surface area contributed by atoms with Gasteiger partial charge < -0.3 is 20.2 Å². The molecule has 8 nitrogen and oxygen atoms in total. The summed E-state index contributed by atoms with van der Waals surface area (Å²) in [6, 6.07) is 6.71. The van der Waals surface area contributed by atoms with Crippen LogP contribution >= 0.6 is 12.6 Å². The molecular formula is C24H32FN5O3S. The lowest BCUT2D eigenvalue weighted by molar-refractivity contribution is -0.129. The molecule has 0 aliphatic carbocycles. The highest BCUT2D eigenvalue weighted by molar-refractivity contribution is 7.81. The molecule has 1 unspecified atom stereocenters. The highest BCUT2D eigenvalue weighted by Gasteiger charge is 2.35. The largest absolute Gasteiger partial charge is 0.378 e. The highest BCUT2D eigenvalue weighted by Crippen LogP contribution is 2.28. The average molecular weight is 490 g/mol. The summed E-state index contributed by atoms with van der Waals surface area (Å²) in [6.07, 6.45) is 3.02. The second-order valence-corrected chi connectivity index (χ2v) is 9.19. The van der Waals surface area contributed by atoms with Gasteiger partial charge in [-0.2, -0.15) is 0 Å². The molecular weight excluding hydrogens is 457 g/mol. The first-order valence-electron chi connectivity index (χ1n) is 11.6. The van der Waals surface area contributed by atoms with Gasteiger partial charge in [0.15, 0.2) is 5.82 Å². The highest BCUT2D eigenvalue weighted by atomic mass is 32.1. The zero-order valence-corrected chi connectivity index (χ0v) is 20.7. The minimum absolute atomic E-state index is 0.0613. The molecule has 3 heterocycles. The lowest BCUT2D eigenvalue weighted by Gasteiger charge is -2.31. The number of piperidine rings is 1. The van der Waals surface area contributed by atoms with Crippen LogP contribution in [0.3, 0.4) is 0 Å². The number of aliphatic hydroxyl groups is 1. The van der Waals surface area contributed by atoms with Gasteiger partial charge in [-0.15, -0.1) is 12.6 Å². The van der Waals surface area contributed by atoms with E-state index in [-0.39, 0.29) is 30.1 Å². The van der Waals surface area contributed by atoms with Gasteiger partial charge >= 0.3 is 0 Å². The van der Waals surface area contributed by atoms with Crippen LogP contribution in [0.25, 0.3) is 11.3 Å². The molecule has 2 aliphatic heterocycles. The molecule has 0 radical (unpaired) electrons. The third kappa shape index (κ3) is 6.24. The molecule has 10 heteroatoms. The molecule has 2 amide bonds. The Morgan fingerprint density at radius 1 is 1.21 bits per heavy atom. The Morgan fingerprint density at radius 3 is 2.53 bits per heavy atom. The Bertz CT molecular complexity index is 1030. The van der Waals surface area contributed by atoms with Gasteiger partial charge in [-0.3, -0.25) is 9.59 Å². The van der Waals surface area contributed by atoms with Gasteiger partial charge in [-0.25, -0.2) is 14.4 Å².